The molecule has 1 aliphatic rings. The number of hydrogen-bond donors (Lipinski definition) is 1. The summed E-state index contributed by atoms with van der Waals surface area (Å²) in [4.78, 5) is 26.6. The van der Waals surface area contributed by atoms with Gasteiger partial charge in [0, 0.05) is 34.2 Å². The van der Waals surface area contributed by atoms with E-state index in [2.05, 4.69) is 11.4 Å². The van der Waals surface area contributed by atoms with Crippen LogP contribution in [0.4, 0.5) is 10.5 Å². The summed E-state index contributed by atoms with van der Waals surface area (Å²) < 4.78 is 2.04. The van der Waals surface area contributed by atoms with Crippen LogP contribution in [0.15, 0.2) is 84.7 Å². The van der Waals surface area contributed by atoms with Crippen LogP contribution in [0.3, 0.4) is 0 Å². The molecule has 1 fully saturated rings. The highest BCUT2D eigenvalue weighted by atomic mass is 35.5. The van der Waals surface area contributed by atoms with Crippen LogP contribution in [0.2, 0.25) is 5.02 Å². The van der Waals surface area contributed by atoms with Gasteiger partial charge in [-0.2, -0.15) is 5.26 Å². The highest BCUT2D eigenvalue weighted by Gasteiger charge is 2.35. The van der Waals surface area contributed by atoms with Gasteiger partial charge >= 0.3 is 6.03 Å². The Balaban J connectivity index is 1.53. The summed E-state index contributed by atoms with van der Waals surface area (Å²) in [5.74, 6) is -0.436. The SMILES string of the molecule is N#Cc1ccccc1Cn1cc(/C=C2/NC(=O)N(c3ccc(Cl)cc3)C2=O)c2ccccc21. The minimum absolute atomic E-state index is 0.190. The molecule has 0 spiro atoms. The number of amides is 3. The number of fused-ring (bicyclic) bond motifs is 1. The van der Waals surface area contributed by atoms with Crippen molar-refractivity contribution in [3.05, 3.63) is 106 Å². The lowest BCUT2D eigenvalue weighted by Crippen LogP contribution is -2.30. The van der Waals surface area contributed by atoms with Gasteiger partial charge in [0.1, 0.15) is 5.70 Å². The van der Waals surface area contributed by atoms with Crippen molar-refractivity contribution in [3.8, 4) is 6.07 Å². The van der Waals surface area contributed by atoms with E-state index in [-0.39, 0.29) is 5.70 Å². The fourth-order valence-corrected chi connectivity index (χ4v) is 4.11. The maximum atomic E-state index is 13.0. The molecule has 0 atom stereocenters. The maximum Gasteiger partial charge on any atom is 0.333 e. The van der Waals surface area contributed by atoms with Crippen LogP contribution in [0, 0.1) is 11.3 Å². The van der Waals surface area contributed by atoms with E-state index >= 15 is 0 Å². The number of nitriles is 1. The van der Waals surface area contributed by atoms with Gasteiger partial charge in [0.05, 0.1) is 17.3 Å². The summed E-state index contributed by atoms with van der Waals surface area (Å²) in [6.07, 6.45) is 3.61. The van der Waals surface area contributed by atoms with Gasteiger partial charge in [-0.25, -0.2) is 9.69 Å². The summed E-state index contributed by atoms with van der Waals surface area (Å²) in [7, 11) is 0. The van der Waals surface area contributed by atoms with Gasteiger partial charge in [-0.1, -0.05) is 48.0 Å². The minimum Gasteiger partial charge on any atom is -0.342 e. The van der Waals surface area contributed by atoms with Crippen LogP contribution < -0.4 is 10.2 Å². The first kappa shape index (κ1) is 20.6. The van der Waals surface area contributed by atoms with E-state index in [0.717, 1.165) is 26.9 Å². The van der Waals surface area contributed by atoms with E-state index in [1.54, 1.807) is 36.4 Å². The number of hydrogen-bond acceptors (Lipinski definition) is 3. The second-order valence-corrected chi connectivity index (χ2v) is 8.04. The molecule has 5 rings (SSSR count). The molecule has 2 heterocycles. The van der Waals surface area contributed by atoms with Crippen molar-refractivity contribution in [2.45, 2.75) is 6.54 Å². The monoisotopic (exact) mass is 452 g/mol. The highest BCUT2D eigenvalue weighted by Crippen LogP contribution is 2.28. The average molecular weight is 453 g/mol. The number of nitrogens with zero attached hydrogens (tertiary/aromatic N) is 3. The number of aromatic nitrogens is 1. The number of benzene rings is 3. The third-order valence-corrected chi connectivity index (χ3v) is 5.81. The van der Waals surface area contributed by atoms with E-state index in [1.165, 1.54) is 0 Å². The topological polar surface area (TPSA) is 78.1 Å². The molecule has 1 saturated heterocycles. The number of nitrogens with one attached hydrogen (secondary N) is 1. The quantitative estimate of drug-likeness (QED) is 0.336. The van der Waals surface area contributed by atoms with Gasteiger partial charge in [-0.15, -0.1) is 0 Å². The Labute approximate surface area is 194 Å². The van der Waals surface area contributed by atoms with Crippen molar-refractivity contribution in [1.29, 1.82) is 5.26 Å². The fraction of sp³-hybridized carbons (Fsp3) is 0.0385. The molecule has 3 aromatic carbocycles. The highest BCUT2D eigenvalue weighted by molar-refractivity contribution is 6.31. The second-order valence-electron chi connectivity index (χ2n) is 7.60. The Hall–Kier alpha value is -4.34. The van der Waals surface area contributed by atoms with Gasteiger partial charge in [-0.3, -0.25) is 4.79 Å². The number of imide groups is 1. The van der Waals surface area contributed by atoms with E-state index in [4.69, 9.17) is 11.6 Å². The number of carbonyl (C=O) groups is 2. The molecular formula is C26H17ClN4O2. The lowest BCUT2D eigenvalue weighted by Gasteiger charge is -2.11. The van der Waals surface area contributed by atoms with Crippen molar-refractivity contribution < 1.29 is 9.59 Å². The standard InChI is InChI=1S/C26H17ClN4O2/c27-20-9-11-21(12-10-20)31-25(32)23(29-26(31)33)13-19-16-30(24-8-4-3-7-22(19)24)15-18-6-2-1-5-17(18)14-28/h1-13,16H,15H2,(H,29,33)/b23-13+. The lowest BCUT2D eigenvalue weighted by molar-refractivity contribution is -0.113. The second kappa shape index (κ2) is 8.30. The van der Waals surface area contributed by atoms with Crippen molar-refractivity contribution in [1.82, 2.24) is 9.88 Å². The first-order valence-corrected chi connectivity index (χ1v) is 10.6. The first-order chi connectivity index (χ1) is 16.0. The maximum absolute atomic E-state index is 13.0. The molecule has 33 heavy (non-hydrogen) atoms. The van der Waals surface area contributed by atoms with E-state index < -0.39 is 11.9 Å². The van der Waals surface area contributed by atoms with Crippen LogP contribution in [0.25, 0.3) is 17.0 Å². The van der Waals surface area contributed by atoms with Crippen molar-refractivity contribution >= 4 is 46.2 Å². The summed E-state index contributed by atoms with van der Waals surface area (Å²) >= 11 is 5.93. The predicted molar refractivity (Wildman–Crippen MR) is 128 cm³/mol. The minimum atomic E-state index is -0.514. The van der Waals surface area contributed by atoms with Gasteiger partial charge < -0.3 is 9.88 Å². The molecule has 4 aromatic rings. The molecule has 0 radical (unpaired) electrons. The number of carbonyl (C=O) groups excluding carboxylic acids is 2. The number of halogens is 1. The summed E-state index contributed by atoms with van der Waals surface area (Å²) in [6, 6.07) is 23.5. The molecule has 1 N–H and O–H groups in total. The van der Waals surface area contributed by atoms with Gasteiger partial charge in [0.15, 0.2) is 0 Å². The molecule has 160 valence electrons. The molecule has 0 unspecified atom stereocenters. The van der Waals surface area contributed by atoms with Gasteiger partial charge in [-0.05, 0) is 48.0 Å². The number of anilines is 1. The zero-order valence-corrected chi connectivity index (χ0v) is 18.1. The van der Waals surface area contributed by atoms with Crippen LogP contribution in [0.1, 0.15) is 16.7 Å². The Morgan fingerprint density at radius 2 is 1.70 bits per heavy atom. The third-order valence-electron chi connectivity index (χ3n) is 5.56. The molecule has 0 saturated carbocycles. The van der Waals surface area contributed by atoms with Crippen molar-refractivity contribution in [3.63, 3.8) is 0 Å². The molecule has 0 bridgehead atoms. The normalized spacial score (nSPS) is 14.7. The Morgan fingerprint density at radius 1 is 0.970 bits per heavy atom. The van der Waals surface area contributed by atoms with Crippen LogP contribution in [-0.4, -0.2) is 16.5 Å². The first-order valence-electron chi connectivity index (χ1n) is 10.2. The zero-order chi connectivity index (χ0) is 22.9. The Bertz CT molecular complexity index is 1480. The Morgan fingerprint density at radius 3 is 2.48 bits per heavy atom. The summed E-state index contributed by atoms with van der Waals surface area (Å²) in [6.45, 7) is 0.505. The largest absolute Gasteiger partial charge is 0.342 e. The summed E-state index contributed by atoms with van der Waals surface area (Å²) in [5.41, 5.74) is 3.91. The number of urea groups is 1. The molecule has 0 aliphatic carbocycles. The molecule has 1 aliphatic heterocycles. The smallest absolute Gasteiger partial charge is 0.333 e. The van der Waals surface area contributed by atoms with Crippen molar-refractivity contribution in [2.75, 3.05) is 4.90 Å². The van der Waals surface area contributed by atoms with Gasteiger partial charge in [0.25, 0.3) is 5.91 Å². The average Bonchev–Trinajstić information content (AvgIpc) is 3.31. The van der Waals surface area contributed by atoms with E-state index in [1.807, 2.05) is 53.2 Å². The molecule has 1 aromatic heterocycles. The zero-order valence-electron chi connectivity index (χ0n) is 17.3. The molecule has 7 heteroatoms. The molecule has 3 amide bonds. The number of rotatable bonds is 4. The lowest BCUT2D eigenvalue weighted by atomic mass is 10.1. The Kier molecular flexibility index (Phi) is 5.17. The summed E-state index contributed by atoms with van der Waals surface area (Å²) in [5, 5.41) is 13.6. The van der Waals surface area contributed by atoms with Crippen molar-refractivity contribution in [2.24, 2.45) is 0 Å². The third kappa shape index (κ3) is 3.75. The predicted octanol–water partition coefficient (Wildman–Crippen LogP) is 5.31. The van der Waals surface area contributed by atoms with E-state index in [0.29, 0.717) is 22.8 Å². The van der Waals surface area contributed by atoms with Crippen LogP contribution in [-0.2, 0) is 11.3 Å². The van der Waals surface area contributed by atoms with Crippen LogP contribution >= 0.6 is 11.6 Å². The molecular weight excluding hydrogens is 436 g/mol. The molecule has 6 nitrogen and oxygen atoms in total. The van der Waals surface area contributed by atoms with E-state index in [9.17, 15) is 14.9 Å². The van der Waals surface area contributed by atoms with Gasteiger partial charge in [0.2, 0.25) is 0 Å². The fourth-order valence-electron chi connectivity index (χ4n) is 3.99. The number of para-hydroxylation sites is 1. The van der Waals surface area contributed by atoms with Crippen LogP contribution in [0.5, 0.6) is 0 Å².